The third-order valence-electron chi connectivity index (χ3n) is 4.30. The van der Waals surface area contributed by atoms with Crippen molar-refractivity contribution < 1.29 is 9.90 Å². The first kappa shape index (κ1) is 17.0. The summed E-state index contributed by atoms with van der Waals surface area (Å²) in [5.41, 5.74) is 1.30. The number of rotatable bonds is 7. The van der Waals surface area contributed by atoms with Gasteiger partial charge in [-0.2, -0.15) is 0 Å². The van der Waals surface area contributed by atoms with E-state index in [-0.39, 0.29) is 18.1 Å². The molecule has 0 heterocycles. The molecule has 2 N–H and O–H groups in total. The van der Waals surface area contributed by atoms with Gasteiger partial charge in [-0.05, 0) is 51.3 Å². The number of aliphatic hydroxyl groups is 1. The Hall–Kier alpha value is -1.39. The molecule has 1 fully saturated rings. The monoisotopic (exact) mass is 304 g/mol. The van der Waals surface area contributed by atoms with Crippen LogP contribution in [0.4, 0.5) is 0 Å². The number of nitrogens with one attached hydrogen (secondary N) is 1. The normalized spacial score (nSPS) is 21.8. The van der Waals surface area contributed by atoms with Crippen LogP contribution >= 0.6 is 0 Å². The predicted molar refractivity (Wildman–Crippen MR) is 88.4 cm³/mol. The first-order valence-electron chi connectivity index (χ1n) is 8.33. The van der Waals surface area contributed by atoms with Gasteiger partial charge in [-0.15, -0.1) is 0 Å². The van der Waals surface area contributed by atoms with Crippen molar-refractivity contribution in [1.29, 1.82) is 0 Å². The molecule has 1 saturated carbocycles. The van der Waals surface area contributed by atoms with Gasteiger partial charge < -0.3 is 15.3 Å². The van der Waals surface area contributed by atoms with E-state index in [1.54, 1.807) is 0 Å². The number of aliphatic hydroxyl groups excluding tert-OH is 1. The minimum atomic E-state index is -0.167. The lowest BCUT2D eigenvalue weighted by atomic mass is 9.93. The van der Waals surface area contributed by atoms with Crippen LogP contribution in [0.3, 0.4) is 0 Å². The predicted octanol–water partition coefficient (Wildman–Crippen LogP) is 2.32. The molecule has 1 amide bonds. The summed E-state index contributed by atoms with van der Waals surface area (Å²) in [4.78, 5) is 14.2. The minimum Gasteiger partial charge on any atom is -0.393 e. The Labute approximate surface area is 133 Å². The second kappa shape index (κ2) is 8.91. The molecule has 1 aliphatic rings. The summed E-state index contributed by atoms with van der Waals surface area (Å²) in [6, 6.07) is 10.6. The SMILES string of the molecule is CN(CCCC(=O)NC1CCC(O)CC1)Cc1ccccc1. The number of benzene rings is 1. The summed E-state index contributed by atoms with van der Waals surface area (Å²) in [6.07, 6.45) is 4.72. The van der Waals surface area contributed by atoms with Gasteiger partial charge in [0.05, 0.1) is 6.10 Å². The smallest absolute Gasteiger partial charge is 0.220 e. The highest BCUT2D eigenvalue weighted by molar-refractivity contribution is 5.76. The Balaban J connectivity index is 1.58. The molecule has 0 spiro atoms. The average molecular weight is 304 g/mol. The van der Waals surface area contributed by atoms with Crippen molar-refractivity contribution in [3.8, 4) is 0 Å². The van der Waals surface area contributed by atoms with E-state index < -0.39 is 0 Å². The van der Waals surface area contributed by atoms with Crippen molar-refractivity contribution in [1.82, 2.24) is 10.2 Å². The molecule has 0 bridgehead atoms. The summed E-state index contributed by atoms with van der Waals surface area (Å²) in [6.45, 7) is 1.84. The summed E-state index contributed by atoms with van der Waals surface area (Å²) < 4.78 is 0. The van der Waals surface area contributed by atoms with E-state index in [0.717, 1.165) is 45.2 Å². The van der Waals surface area contributed by atoms with Crippen LogP contribution in [0.1, 0.15) is 44.1 Å². The summed E-state index contributed by atoms with van der Waals surface area (Å²) >= 11 is 0. The molecule has 4 nitrogen and oxygen atoms in total. The van der Waals surface area contributed by atoms with E-state index in [2.05, 4.69) is 41.5 Å². The fraction of sp³-hybridized carbons (Fsp3) is 0.611. The molecule has 0 aliphatic heterocycles. The van der Waals surface area contributed by atoms with E-state index in [9.17, 15) is 9.90 Å². The molecule has 4 heteroatoms. The van der Waals surface area contributed by atoms with E-state index in [0.29, 0.717) is 6.42 Å². The zero-order valence-electron chi connectivity index (χ0n) is 13.5. The van der Waals surface area contributed by atoms with Gasteiger partial charge in [0.15, 0.2) is 0 Å². The van der Waals surface area contributed by atoms with Crippen molar-refractivity contribution in [2.75, 3.05) is 13.6 Å². The molecular formula is C18H28N2O2. The highest BCUT2D eigenvalue weighted by Crippen LogP contribution is 2.18. The van der Waals surface area contributed by atoms with Gasteiger partial charge in [-0.1, -0.05) is 30.3 Å². The molecule has 0 radical (unpaired) electrons. The molecule has 122 valence electrons. The first-order chi connectivity index (χ1) is 10.6. The van der Waals surface area contributed by atoms with Crippen LogP contribution in [-0.2, 0) is 11.3 Å². The lowest BCUT2D eigenvalue weighted by Gasteiger charge is -2.26. The highest BCUT2D eigenvalue weighted by atomic mass is 16.3. The van der Waals surface area contributed by atoms with Crippen molar-refractivity contribution in [2.45, 2.75) is 57.2 Å². The maximum Gasteiger partial charge on any atom is 0.220 e. The van der Waals surface area contributed by atoms with E-state index >= 15 is 0 Å². The van der Waals surface area contributed by atoms with Crippen LogP contribution in [0.2, 0.25) is 0 Å². The van der Waals surface area contributed by atoms with Gasteiger partial charge >= 0.3 is 0 Å². The van der Waals surface area contributed by atoms with Crippen LogP contribution in [0.25, 0.3) is 0 Å². The first-order valence-corrected chi connectivity index (χ1v) is 8.33. The zero-order chi connectivity index (χ0) is 15.8. The quantitative estimate of drug-likeness (QED) is 0.813. The topological polar surface area (TPSA) is 52.6 Å². The average Bonchev–Trinajstić information content (AvgIpc) is 2.50. The number of amides is 1. The Kier molecular flexibility index (Phi) is 6.87. The minimum absolute atomic E-state index is 0.148. The van der Waals surface area contributed by atoms with Gasteiger partial charge in [0, 0.05) is 19.0 Å². The van der Waals surface area contributed by atoms with Crippen LogP contribution < -0.4 is 5.32 Å². The molecule has 2 rings (SSSR count). The Morgan fingerprint density at radius 1 is 1.23 bits per heavy atom. The molecule has 1 aromatic rings. The molecule has 22 heavy (non-hydrogen) atoms. The number of nitrogens with zero attached hydrogens (tertiary/aromatic N) is 1. The standard InChI is InChI=1S/C18H28N2O2/c1-20(14-15-6-3-2-4-7-15)13-5-8-18(22)19-16-9-11-17(21)12-10-16/h2-4,6-7,16-17,21H,5,8-14H2,1H3,(H,19,22). The number of hydrogen-bond acceptors (Lipinski definition) is 3. The van der Waals surface area contributed by atoms with Gasteiger partial charge in [-0.25, -0.2) is 0 Å². The maximum absolute atomic E-state index is 11.9. The van der Waals surface area contributed by atoms with Crippen LogP contribution in [0, 0.1) is 0 Å². The van der Waals surface area contributed by atoms with Crippen LogP contribution in [0.5, 0.6) is 0 Å². The van der Waals surface area contributed by atoms with Crippen LogP contribution in [-0.4, -0.2) is 41.7 Å². The number of carbonyl (C=O) groups is 1. The molecule has 0 aromatic heterocycles. The number of hydrogen-bond donors (Lipinski definition) is 2. The molecular weight excluding hydrogens is 276 g/mol. The summed E-state index contributed by atoms with van der Waals surface area (Å²) in [5, 5.41) is 12.6. The van der Waals surface area contributed by atoms with Crippen molar-refractivity contribution in [3.05, 3.63) is 35.9 Å². The second-order valence-corrected chi connectivity index (χ2v) is 6.40. The molecule has 0 atom stereocenters. The Morgan fingerprint density at radius 3 is 2.59 bits per heavy atom. The van der Waals surface area contributed by atoms with E-state index in [4.69, 9.17) is 0 Å². The third kappa shape index (κ3) is 6.16. The van der Waals surface area contributed by atoms with Crippen molar-refractivity contribution in [2.24, 2.45) is 0 Å². The Morgan fingerprint density at radius 2 is 1.91 bits per heavy atom. The van der Waals surface area contributed by atoms with E-state index in [1.165, 1.54) is 5.56 Å². The number of carbonyl (C=O) groups excluding carboxylic acids is 1. The van der Waals surface area contributed by atoms with Crippen LogP contribution in [0.15, 0.2) is 30.3 Å². The lowest BCUT2D eigenvalue weighted by Crippen LogP contribution is -2.38. The molecule has 1 aromatic carbocycles. The zero-order valence-corrected chi connectivity index (χ0v) is 13.5. The third-order valence-corrected chi connectivity index (χ3v) is 4.30. The molecule has 0 saturated heterocycles. The largest absolute Gasteiger partial charge is 0.393 e. The second-order valence-electron chi connectivity index (χ2n) is 6.40. The van der Waals surface area contributed by atoms with Gasteiger partial charge in [0.2, 0.25) is 5.91 Å². The molecule has 0 unspecified atom stereocenters. The van der Waals surface area contributed by atoms with Gasteiger partial charge in [-0.3, -0.25) is 4.79 Å². The Bertz CT molecular complexity index is 442. The lowest BCUT2D eigenvalue weighted by molar-refractivity contribution is -0.122. The summed E-state index contributed by atoms with van der Waals surface area (Å²) in [7, 11) is 2.09. The van der Waals surface area contributed by atoms with Crippen molar-refractivity contribution >= 4 is 5.91 Å². The summed E-state index contributed by atoms with van der Waals surface area (Å²) in [5.74, 6) is 0.148. The van der Waals surface area contributed by atoms with E-state index in [1.807, 2.05) is 6.07 Å². The van der Waals surface area contributed by atoms with Gasteiger partial charge in [0.25, 0.3) is 0 Å². The van der Waals surface area contributed by atoms with Gasteiger partial charge in [0.1, 0.15) is 0 Å². The highest BCUT2D eigenvalue weighted by Gasteiger charge is 2.20. The van der Waals surface area contributed by atoms with Crippen molar-refractivity contribution in [3.63, 3.8) is 0 Å². The fourth-order valence-electron chi connectivity index (χ4n) is 3.00. The molecule has 1 aliphatic carbocycles. The maximum atomic E-state index is 11.9. The fourth-order valence-corrected chi connectivity index (χ4v) is 3.00.